The van der Waals surface area contributed by atoms with Gasteiger partial charge in [0.2, 0.25) is 6.29 Å². The Kier molecular flexibility index (Phi) is 6.87. The van der Waals surface area contributed by atoms with E-state index in [0.717, 1.165) is 10.5 Å². The van der Waals surface area contributed by atoms with Crippen molar-refractivity contribution in [1.29, 1.82) is 0 Å². The summed E-state index contributed by atoms with van der Waals surface area (Å²) in [4.78, 5) is 37.2. The molecule has 0 heterocycles. The summed E-state index contributed by atoms with van der Waals surface area (Å²) >= 11 is 0. The number of urea groups is 1. The summed E-state index contributed by atoms with van der Waals surface area (Å²) in [6.07, 6.45) is 4.50. The first-order chi connectivity index (χ1) is 10.1. The third-order valence-corrected chi connectivity index (χ3v) is 2.97. The molecule has 21 heavy (non-hydrogen) atoms. The standard InChI is InChI=1S/C16H19N2O3/c1-3-17(4-2)16(21)18(12-13-19)15(20)11-10-14-8-6-5-7-9-14/h5-11H,3-4,12H2,1-2H3/b11-10+. The van der Waals surface area contributed by atoms with Gasteiger partial charge in [0, 0.05) is 19.2 Å². The van der Waals surface area contributed by atoms with E-state index in [-0.39, 0.29) is 6.54 Å². The summed E-state index contributed by atoms with van der Waals surface area (Å²) in [5, 5.41) is 0. The first-order valence-corrected chi connectivity index (χ1v) is 6.82. The molecule has 1 aromatic carbocycles. The van der Waals surface area contributed by atoms with E-state index in [0.29, 0.717) is 13.1 Å². The summed E-state index contributed by atoms with van der Waals surface area (Å²) in [5.41, 5.74) is 0.844. The van der Waals surface area contributed by atoms with Crippen molar-refractivity contribution < 1.29 is 14.4 Å². The minimum absolute atomic E-state index is 0.368. The predicted molar refractivity (Wildman–Crippen MR) is 81.2 cm³/mol. The molecule has 0 fully saturated rings. The van der Waals surface area contributed by atoms with Gasteiger partial charge in [-0.05, 0) is 25.5 Å². The molecule has 0 aliphatic carbocycles. The Balaban J connectivity index is 2.85. The Morgan fingerprint density at radius 3 is 2.29 bits per heavy atom. The molecule has 1 rings (SSSR count). The van der Waals surface area contributed by atoms with Crippen LogP contribution in [-0.2, 0) is 9.59 Å². The predicted octanol–water partition coefficient (Wildman–Crippen LogP) is 2.10. The van der Waals surface area contributed by atoms with Gasteiger partial charge >= 0.3 is 6.03 Å². The van der Waals surface area contributed by atoms with Gasteiger partial charge < -0.3 is 4.90 Å². The van der Waals surface area contributed by atoms with Crippen LogP contribution in [0.2, 0.25) is 0 Å². The second-order valence-electron chi connectivity index (χ2n) is 4.27. The molecule has 0 atom stereocenters. The zero-order valence-electron chi connectivity index (χ0n) is 12.3. The highest BCUT2D eigenvalue weighted by atomic mass is 16.2. The lowest BCUT2D eigenvalue weighted by molar-refractivity contribution is -0.123. The lowest BCUT2D eigenvalue weighted by Gasteiger charge is -2.25. The van der Waals surface area contributed by atoms with E-state index in [9.17, 15) is 14.4 Å². The van der Waals surface area contributed by atoms with Gasteiger partial charge in [-0.2, -0.15) is 0 Å². The zero-order chi connectivity index (χ0) is 15.7. The molecule has 0 unspecified atom stereocenters. The maximum Gasteiger partial charge on any atom is 0.327 e. The van der Waals surface area contributed by atoms with Crippen LogP contribution in [0.3, 0.4) is 0 Å². The van der Waals surface area contributed by atoms with Crippen LogP contribution in [0, 0.1) is 0 Å². The average Bonchev–Trinajstić information content (AvgIpc) is 2.52. The van der Waals surface area contributed by atoms with Crippen molar-refractivity contribution in [2.45, 2.75) is 13.8 Å². The van der Waals surface area contributed by atoms with E-state index >= 15 is 0 Å². The lowest BCUT2D eigenvalue weighted by Crippen LogP contribution is -2.46. The van der Waals surface area contributed by atoms with Crippen LogP contribution in [0.4, 0.5) is 4.79 Å². The fourth-order valence-corrected chi connectivity index (χ4v) is 1.79. The number of hydrogen-bond acceptors (Lipinski definition) is 3. The minimum Gasteiger partial charge on any atom is -0.325 e. The Bertz CT molecular complexity index is 508. The number of carbonyl (C=O) groups excluding carboxylic acids is 3. The van der Waals surface area contributed by atoms with Gasteiger partial charge in [0.1, 0.15) is 0 Å². The summed E-state index contributed by atoms with van der Waals surface area (Å²) in [5.74, 6) is -0.529. The Morgan fingerprint density at radius 1 is 1.14 bits per heavy atom. The highest BCUT2D eigenvalue weighted by molar-refractivity contribution is 6.03. The number of hydrogen-bond donors (Lipinski definition) is 0. The Hall–Kier alpha value is -2.43. The molecule has 1 aromatic rings. The summed E-state index contributed by atoms with van der Waals surface area (Å²) in [7, 11) is 0. The van der Waals surface area contributed by atoms with Crippen LogP contribution in [0.25, 0.3) is 6.08 Å². The topological polar surface area (TPSA) is 57.7 Å². The first kappa shape index (κ1) is 16.6. The lowest BCUT2D eigenvalue weighted by atomic mass is 10.2. The van der Waals surface area contributed by atoms with E-state index < -0.39 is 11.9 Å². The monoisotopic (exact) mass is 287 g/mol. The third-order valence-electron chi connectivity index (χ3n) is 2.97. The molecule has 5 heteroatoms. The largest absolute Gasteiger partial charge is 0.327 e. The molecule has 0 saturated carbocycles. The summed E-state index contributed by atoms with van der Waals surface area (Å²) in [6.45, 7) is 4.21. The number of rotatable bonds is 6. The normalized spacial score (nSPS) is 10.4. The van der Waals surface area contributed by atoms with Crippen molar-refractivity contribution in [3.8, 4) is 0 Å². The fraction of sp³-hybridized carbons (Fsp3) is 0.312. The van der Waals surface area contributed by atoms with Crippen LogP contribution < -0.4 is 0 Å². The minimum atomic E-state index is -0.529. The Labute approximate surface area is 124 Å². The molecule has 3 amide bonds. The van der Waals surface area contributed by atoms with Crippen LogP contribution >= 0.6 is 0 Å². The maximum absolute atomic E-state index is 12.2. The second-order valence-corrected chi connectivity index (χ2v) is 4.27. The quantitative estimate of drug-likeness (QED) is 0.753. The highest BCUT2D eigenvalue weighted by Gasteiger charge is 2.23. The van der Waals surface area contributed by atoms with E-state index in [1.54, 1.807) is 12.4 Å². The van der Waals surface area contributed by atoms with Crippen molar-refractivity contribution in [2.24, 2.45) is 0 Å². The molecule has 111 valence electrons. The van der Waals surface area contributed by atoms with Crippen molar-refractivity contribution >= 4 is 24.3 Å². The summed E-state index contributed by atoms with van der Waals surface area (Å²) < 4.78 is 0. The van der Waals surface area contributed by atoms with Crippen LogP contribution in [0.1, 0.15) is 19.4 Å². The molecule has 0 spiro atoms. The van der Waals surface area contributed by atoms with Crippen molar-refractivity contribution in [3.63, 3.8) is 0 Å². The maximum atomic E-state index is 12.2. The number of carbonyl (C=O) groups is 2. The Morgan fingerprint density at radius 2 is 1.76 bits per heavy atom. The second kappa shape index (κ2) is 8.68. The van der Waals surface area contributed by atoms with E-state index in [1.807, 2.05) is 44.2 Å². The zero-order valence-corrected chi connectivity index (χ0v) is 12.3. The van der Waals surface area contributed by atoms with E-state index in [2.05, 4.69) is 0 Å². The number of nitrogens with zero attached hydrogens (tertiary/aromatic N) is 2. The van der Waals surface area contributed by atoms with Crippen molar-refractivity contribution in [2.75, 3.05) is 19.6 Å². The number of imide groups is 1. The number of benzene rings is 1. The van der Waals surface area contributed by atoms with Gasteiger partial charge in [-0.3, -0.25) is 14.5 Å². The van der Waals surface area contributed by atoms with Gasteiger partial charge in [0.25, 0.3) is 5.91 Å². The van der Waals surface area contributed by atoms with Gasteiger partial charge in [-0.15, -0.1) is 0 Å². The van der Waals surface area contributed by atoms with Crippen molar-refractivity contribution in [1.82, 2.24) is 9.80 Å². The smallest absolute Gasteiger partial charge is 0.325 e. The van der Waals surface area contributed by atoms with E-state index in [1.165, 1.54) is 11.0 Å². The van der Waals surface area contributed by atoms with Crippen LogP contribution in [0.15, 0.2) is 36.4 Å². The third kappa shape index (κ3) is 4.87. The molecular formula is C16H19N2O3. The molecule has 5 nitrogen and oxygen atoms in total. The van der Waals surface area contributed by atoms with Crippen LogP contribution in [-0.4, -0.2) is 47.7 Å². The molecule has 0 aliphatic rings. The fourth-order valence-electron chi connectivity index (χ4n) is 1.79. The average molecular weight is 287 g/mol. The van der Waals surface area contributed by atoms with Gasteiger partial charge in [0.15, 0.2) is 0 Å². The van der Waals surface area contributed by atoms with Crippen molar-refractivity contribution in [3.05, 3.63) is 42.0 Å². The van der Waals surface area contributed by atoms with Gasteiger partial charge in [-0.25, -0.2) is 4.79 Å². The van der Waals surface area contributed by atoms with E-state index in [4.69, 9.17) is 0 Å². The number of amides is 3. The molecule has 1 radical (unpaired) electrons. The first-order valence-electron chi connectivity index (χ1n) is 6.82. The molecule has 0 saturated heterocycles. The summed E-state index contributed by atoms with van der Waals surface area (Å²) in [6, 6.07) is 8.77. The SMILES string of the molecule is CCN(CC)C(=O)N(C[C]=O)C(=O)/C=C/c1ccccc1. The molecule has 0 N–H and O–H groups in total. The molecule has 0 aromatic heterocycles. The van der Waals surface area contributed by atoms with Crippen LogP contribution in [0.5, 0.6) is 0 Å². The highest BCUT2D eigenvalue weighted by Crippen LogP contribution is 2.04. The van der Waals surface area contributed by atoms with Gasteiger partial charge in [0.05, 0.1) is 6.54 Å². The molecule has 0 bridgehead atoms. The molecular weight excluding hydrogens is 268 g/mol. The molecule has 0 aliphatic heterocycles. The van der Waals surface area contributed by atoms with Gasteiger partial charge in [-0.1, -0.05) is 30.3 Å².